The van der Waals surface area contributed by atoms with Gasteiger partial charge in [-0.25, -0.2) is 4.98 Å². The lowest BCUT2D eigenvalue weighted by molar-refractivity contribution is 0.0954. The van der Waals surface area contributed by atoms with Crippen molar-refractivity contribution >= 4 is 28.5 Å². The lowest BCUT2D eigenvalue weighted by Crippen LogP contribution is -2.26. The molecule has 0 spiro atoms. The molecule has 0 radical (unpaired) electrons. The normalized spacial score (nSPS) is 11.6. The molecule has 0 saturated heterocycles. The van der Waals surface area contributed by atoms with Gasteiger partial charge in [-0.05, 0) is 40.8 Å². The minimum absolute atomic E-state index is 0.130. The van der Waals surface area contributed by atoms with E-state index in [1.54, 1.807) is 12.1 Å². The average molecular weight is 446 g/mol. The van der Waals surface area contributed by atoms with Crippen LogP contribution >= 0.6 is 11.6 Å². The van der Waals surface area contributed by atoms with Crippen molar-refractivity contribution < 1.29 is 4.79 Å². The molecule has 1 aromatic heterocycles. The highest BCUT2D eigenvalue weighted by Gasteiger charge is 2.15. The third kappa shape index (κ3) is 4.86. The van der Waals surface area contributed by atoms with Crippen LogP contribution < -0.4 is 5.32 Å². The zero-order valence-corrected chi connectivity index (χ0v) is 19.5. The fourth-order valence-corrected chi connectivity index (χ4v) is 4.04. The molecule has 1 N–H and O–H groups in total. The Labute approximate surface area is 194 Å². The van der Waals surface area contributed by atoms with Crippen molar-refractivity contribution in [2.24, 2.45) is 0 Å². The second kappa shape index (κ2) is 9.17. The van der Waals surface area contributed by atoms with Crippen LogP contribution in [0.15, 0.2) is 72.8 Å². The van der Waals surface area contributed by atoms with Crippen LogP contribution in [0.4, 0.5) is 0 Å². The van der Waals surface area contributed by atoms with E-state index in [9.17, 15) is 4.79 Å². The fourth-order valence-electron chi connectivity index (χ4n) is 3.81. The molecular weight excluding hydrogens is 418 g/mol. The van der Waals surface area contributed by atoms with E-state index in [1.165, 1.54) is 11.1 Å². The number of hydrogen-bond donors (Lipinski definition) is 1. The maximum atomic E-state index is 12.5. The van der Waals surface area contributed by atoms with Crippen molar-refractivity contribution in [3.05, 3.63) is 100 Å². The van der Waals surface area contributed by atoms with Gasteiger partial charge in [-0.15, -0.1) is 0 Å². The molecule has 0 unspecified atom stereocenters. The third-order valence-electron chi connectivity index (χ3n) is 5.65. The molecule has 1 heterocycles. The largest absolute Gasteiger partial charge is 0.352 e. The van der Waals surface area contributed by atoms with Crippen molar-refractivity contribution in [3.63, 3.8) is 0 Å². The topological polar surface area (TPSA) is 46.9 Å². The maximum Gasteiger partial charge on any atom is 0.252 e. The summed E-state index contributed by atoms with van der Waals surface area (Å²) in [4.78, 5) is 17.3. The van der Waals surface area contributed by atoms with E-state index < -0.39 is 0 Å². The molecule has 4 aromatic rings. The molecule has 3 aromatic carbocycles. The number of imidazole rings is 1. The van der Waals surface area contributed by atoms with E-state index in [2.05, 4.69) is 61.0 Å². The van der Waals surface area contributed by atoms with Gasteiger partial charge in [0.2, 0.25) is 0 Å². The summed E-state index contributed by atoms with van der Waals surface area (Å²) in [5, 5.41) is 3.43. The first-order chi connectivity index (χ1) is 15.3. The van der Waals surface area contributed by atoms with E-state index in [1.807, 2.05) is 30.3 Å². The fraction of sp³-hybridized carbons (Fsp3) is 0.259. The second-order valence-corrected chi connectivity index (χ2v) is 9.44. The Bertz CT molecular complexity index is 1240. The van der Waals surface area contributed by atoms with Gasteiger partial charge in [-0.2, -0.15) is 0 Å². The number of amides is 1. The van der Waals surface area contributed by atoms with Crippen LogP contribution in [-0.2, 0) is 18.4 Å². The number of benzene rings is 3. The summed E-state index contributed by atoms with van der Waals surface area (Å²) in [5.74, 6) is 0.779. The first-order valence-electron chi connectivity index (χ1n) is 10.9. The molecule has 0 atom stereocenters. The number of carbonyl (C=O) groups is 1. The minimum atomic E-state index is -0.170. The maximum absolute atomic E-state index is 12.5. The molecule has 4 nitrogen and oxygen atoms in total. The van der Waals surface area contributed by atoms with Gasteiger partial charge in [0.25, 0.3) is 5.91 Å². The van der Waals surface area contributed by atoms with Crippen LogP contribution in [0.2, 0.25) is 5.02 Å². The van der Waals surface area contributed by atoms with E-state index in [-0.39, 0.29) is 11.3 Å². The number of halogens is 1. The lowest BCUT2D eigenvalue weighted by Gasteiger charge is -2.19. The molecule has 0 bridgehead atoms. The average Bonchev–Trinajstić information content (AvgIpc) is 3.11. The summed E-state index contributed by atoms with van der Waals surface area (Å²) in [6.07, 6.45) is 0.630. The highest BCUT2D eigenvalue weighted by molar-refractivity contribution is 6.33. The molecule has 4 rings (SSSR count). The molecule has 0 saturated carbocycles. The smallest absolute Gasteiger partial charge is 0.252 e. The first-order valence-corrected chi connectivity index (χ1v) is 11.3. The van der Waals surface area contributed by atoms with Crippen molar-refractivity contribution in [1.29, 1.82) is 0 Å². The SMILES string of the molecule is CC(C)(C)c1ccc(Cn2c(CCNC(=O)c3ccccc3Cl)nc3ccccc32)cc1. The number of rotatable bonds is 6. The molecule has 0 aliphatic carbocycles. The van der Waals surface area contributed by atoms with Gasteiger partial charge in [0.15, 0.2) is 0 Å². The molecular formula is C27H28ClN3O. The molecule has 1 amide bonds. The van der Waals surface area contributed by atoms with Crippen LogP contribution in [0.25, 0.3) is 11.0 Å². The summed E-state index contributed by atoms with van der Waals surface area (Å²) in [6.45, 7) is 7.89. The zero-order valence-electron chi connectivity index (χ0n) is 18.7. The van der Waals surface area contributed by atoms with Gasteiger partial charge in [-0.1, -0.05) is 80.9 Å². The predicted octanol–water partition coefficient (Wildman–Crippen LogP) is 6.01. The van der Waals surface area contributed by atoms with Gasteiger partial charge < -0.3 is 9.88 Å². The van der Waals surface area contributed by atoms with Crippen LogP contribution in [0, 0.1) is 0 Å². The monoisotopic (exact) mass is 445 g/mol. The van der Waals surface area contributed by atoms with E-state index in [0.717, 1.165) is 23.4 Å². The lowest BCUT2D eigenvalue weighted by atomic mass is 9.87. The minimum Gasteiger partial charge on any atom is -0.352 e. The van der Waals surface area contributed by atoms with Gasteiger partial charge >= 0.3 is 0 Å². The van der Waals surface area contributed by atoms with Crippen molar-refractivity contribution in [2.75, 3.05) is 6.54 Å². The molecule has 0 aliphatic heterocycles. The summed E-state index contributed by atoms with van der Waals surface area (Å²) >= 11 is 6.15. The summed E-state index contributed by atoms with van der Waals surface area (Å²) < 4.78 is 2.24. The number of hydrogen-bond acceptors (Lipinski definition) is 2. The number of para-hydroxylation sites is 2. The summed E-state index contributed by atoms with van der Waals surface area (Å²) in [7, 11) is 0. The van der Waals surface area contributed by atoms with Crippen molar-refractivity contribution in [3.8, 4) is 0 Å². The standard InChI is InChI=1S/C27H28ClN3O/c1-27(2,3)20-14-12-19(13-15-20)18-31-24-11-7-6-10-23(24)30-25(31)16-17-29-26(32)21-8-4-5-9-22(21)28/h4-15H,16-18H2,1-3H3,(H,29,32). The van der Waals surface area contributed by atoms with Gasteiger partial charge in [0.1, 0.15) is 5.82 Å². The Morgan fingerprint density at radius 3 is 2.38 bits per heavy atom. The third-order valence-corrected chi connectivity index (χ3v) is 5.98. The number of carbonyl (C=O) groups excluding carboxylic acids is 1. The Kier molecular flexibility index (Phi) is 6.33. The van der Waals surface area contributed by atoms with Crippen molar-refractivity contribution in [1.82, 2.24) is 14.9 Å². The number of aromatic nitrogens is 2. The van der Waals surface area contributed by atoms with E-state index in [0.29, 0.717) is 23.6 Å². The Morgan fingerprint density at radius 2 is 1.66 bits per heavy atom. The number of nitrogens with one attached hydrogen (secondary N) is 1. The highest BCUT2D eigenvalue weighted by atomic mass is 35.5. The van der Waals surface area contributed by atoms with Crippen LogP contribution in [0.1, 0.15) is 48.1 Å². The summed E-state index contributed by atoms with van der Waals surface area (Å²) in [6, 6.07) is 24.0. The highest BCUT2D eigenvalue weighted by Crippen LogP contribution is 2.24. The second-order valence-electron chi connectivity index (χ2n) is 9.04. The van der Waals surface area contributed by atoms with E-state index >= 15 is 0 Å². The predicted molar refractivity (Wildman–Crippen MR) is 131 cm³/mol. The molecule has 0 aliphatic rings. The van der Waals surface area contributed by atoms with Gasteiger partial charge in [0.05, 0.1) is 21.6 Å². The number of nitrogens with zero attached hydrogens (tertiary/aromatic N) is 2. The van der Waals surface area contributed by atoms with E-state index in [4.69, 9.17) is 16.6 Å². The van der Waals surface area contributed by atoms with Crippen molar-refractivity contribution in [2.45, 2.75) is 39.2 Å². The van der Waals surface area contributed by atoms with Crippen LogP contribution in [0.3, 0.4) is 0 Å². The van der Waals surface area contributed by atoms with Gasteiger partial charge in [0, 0.05) is 19.5 Å². The van der Waals surface area contributed by atoms with Gasteiger partial charge in [-0.3, -0.25) is 4.79 Å². The quantitative estimate of drug-likeness (QED) is 0.395. The molecule has 164 valence electrons. The zero-order chi connectivity index (χ0) is 22.7. The Balaban J connectivity index is 1.53. The number of fused-ring (bicyclic) bond motifs is 1. The molecule has 5 heteroatoms. The van der Waals surface area contributed by atoms with Crippen LogP contribution in [-0.4, -0.2) is 22.0 Å². The molecule has 32 heavy (non-hydrogen) atoms. The first kappa shape index (κ1) is 22.1. The van der Waals surface area contributed by atoms with Crippen LogP contribution in [0.5, 0.6) is 0 Å². The molecule has 0 fully saturated rings. The Morgan fingerprint density at radius 1 is 0.969 bits per heavy atom. The summed E-state index contributed by atoms with van der Waals surface area (Å²) in [5.41, 5.74) is 5.22. The Hall–Kier alpha value is -3.11.